The summed E-state index contributed by atoms with van der Waals surface area (Å²) in [7, 11) is 0. The third-order valence-corrected chi connectivity index (χ3v) is 1.89. The predicted octanol–water partition coefficient (Wildman–Crippen LogP) is 1.93. The topological polar surface area (TPSA) is 17.1 Å². The molecule has 0 spiro atoms. The van der Waals surface area contributed by atoms with Crippen LogP contribution in [0.5, 0.6) is 0 Å². The summed E-state index contributed by atoms with van der Waals surface area (Å²) in [6, 6.07) is 0. The molecule has 0 N–H and O–H groups in total. The van der Waals surface area contributed by atoms with Crippen LogP contribution >= 0.6 is 0 Å². The fourth-order valence-electron chi connectivity index (χ4n) is 1.17. The second-order valence-electron chi connectivity index (χ2n) is 2.73. The molecule has 0 saturated heterocycles. The minimum absolute atomic E-state index is 0.273. The maximum absolute atomic E-state index is 11.1. The van der Waals surface area contributed by atoms with E-state index in [1.807, 2.05) is 19.9 Å². The molecule has 0 heterocycles. The van der Waals surface area contributed by atoms with Gasteiger partial charge in [0, 0.05) is 5.92 Å². The van der Waals surface area contributed by atoms with Crippen molar-refractivity contribution in [1.82, 2.24) is 0 Å². The largest absolute Gasteiger partial charge is 0.294 e. The Hall–Kier alpha value is -0.590. The van der Waals surface area contributed by atoms with Crippen LogP contribution in [0, 0.1) is 5.92 Å². The number of allylic oxidation sites excluding steroid dienone is 2. The van der Waals surface area contributed by atoms with Gasteiger partial charge < -0.3 is 0 Å². The summed E-state index contributed by atoms with van der Waals surface area (Å²) in [5.74, 6) is 0.608. The van der Waals surface area contributed by atoms with Gasteiger partial charge in [-0.1, -0.05) is 13.0 Å². The highest BCUT2D eigenvalue weighted by Crippen LogP contribution is 2.18. The molecule has 1 heteroatoms. The molecule has 1 aliphatic carbocycles. The van der Waals surface area contributed by atoms with Crippen LogP contribution < -0.4 is 0 Å². The summed E-state index contributed by atoms with van der Waals surface area (Å²) in [5, 5.41) is 0. The van der Waals surface area contributed by atoms with Crippen molar-refractivity contribution < 1.29 is 4.79 Å². The summed E-state index contributed by atoms with van der Waals surface area (Å²) in [4.78, 5) is 11.1. The highest BCUT2D eigenvalue weighted by molar-refractivity contribution is 5.96. The minimum Gasteiger partial charge on any atom is -0.294 e. The quantitative estimate of drug-likeness (QED) is 0.482. The fourth-order valence-corrected chi connectivity index (χ4v) is 1.17. The van der Waals surface area contributed by atoms with Crippen LogP contribution in [0.2, 0.25) is 0 Å². The molecule has 0 bridgehead atoms. The first-order valence-electron chi connectivity index (χ1n) is 3.43. The lowest BCUT2D eigenvalue weighted by Crippen LogP contribution is -2.15. The molecule has 0 saturated carbocycles. The standard InChI is InChI=1S/C8H12O/c1-6-4-3-5-7(2)8(6)9/h4,7H,3,5H2,1-2H3/t7-/m1/s1. The molecule has 1 nitrogen and oxygen atoms in total. The van der Waals surface area contributed by atoms with Crippen LogP contribution in [0.25, 0.3) is 0 Å². The molecule has 0 fully saturated rings. The zero-order valence-corrected chi connectivity index (χ0v) is 5.98. The van der Waals surface area contributed by atoms with Crippen molar-refractivity contribution in [2.24, 2.45) is 5.92 Å². The Morgan fingerprint density at radius 1 is 1.67 bits per heavy atom. The Balaban J connectivity index is 2.74. The van der Waals surface area contributed by atoms with Gasteiger partial charge in [0.25, 0.3) is 0 Å². The van der Waals surface area contributed by atoms with E-state index in [0.29, 0.717) is 5.78 Å². The van der Waals surface area contributed by atoms with Gasteiger partial charge in [-0.15, -0.1) is 0 Å². The van der Waals surface area contributed by atoms with E-state index in [1.165, 1.54) is 0 Å². The molecule has 0 aromatic rings. The van der Waals surface area contributed by atoms with Crippen molar-refractivity contribution in [3.05, 3.63) is 11.6 Å². The maximum Gasteiger partial charge on any atom is 0.161 e. The third kappa shape index (κ3) is 1.21. The van der Waals surface area contributed by atoms with Gasteiger partial charge in [-0.3, -0.25) is 4.79 Å². The van der Waals surface area contributed by atoms with Crippen LogP contribution in [0.1, 0.15) is 26.7 Å². The van der Waals surface area contributed by atoms with Crippen molar-refractivity contribution in [3.8, 4) is 0 Å². The molecular weight excluding hydrogens is 112 g/mol. The molecule has 1 aliphatic rings. The Labute approximate surface area is 55.8 Å². The Bertz CT molecular complexity index is 156. The van der Waals surface area contributed by atoms with Gasteiger partial charge in [-0.25, -0.2) is 0 Å². The van der Waals surface area contributed by atoms with Gasteiger partial charge in [-0.05, 0) is 25.3 Å². The maximum atomic E-state index is 11.1. The van der Waals surface area contributed by atoms with Gasteiger partial charge in [0.05, 0.1) is 0 Å². The lowest BCUT2D eigenvalue weighted by Gasteiger charge is -2.13. The highest BCUT2D eigenvalue weighted by atomic mass is 16.1. The van der Waals surface area contributed by atoms with Crippen LogP contribution in [-0.2, 0) is 4.79 Å². The Morgan fingerprint density at radius 3 is 2.78 bits per heavy atom. The Kier molecular flexibility index (Phi) is 1.70. The second-order valence-corrected chi connectivity index (χ2v) is 2.73. The van der Waals surface area contributed by atoms with E-state index in [2.05, 4.69) is 0 Å². The molecule has 0 aromatic carbocycles. The molecule has 1 atom stereocenters. The molecule has 1 rings (SSSR count). The van der Waals surface area contributed by atoms with Crippen LogP contribution in [0.3, 0.4) is 0 Å². The van der Waals surface area contributed by atoms with Crippen molar-refractivity contribution in [1.29, 1.82) is 0 Å². The number of carbonyl (C=O) groups excluding carboxylic acids is 1. The lowest BCUT2D eigenvalue weighted by molar-refractivity contribution is -0.119. The number of hydrogen-bond donors (Lipinski definition) is 0. The summed E-state index contributed by atoms with van der Waals surface area (Å²) < 4.78 is 0. The molecule has 50 valence electrons. The van der Waals surface area contributed by atoms with E-state index in [1.54, 1.807) is 0 Å². The van der Waals surface area contributed by atoms with E-state index < -0.39 is 0 Å². The zero-order valence-electron chi connectivity index (χ0n) is 5.98. The summed E-state index contributed by atoms with van der Waals surface area (Å²) >= 11 is 0. The summed E-state index contributed by atoms with van der Waals surface area (Å²) in [6.45, 7) is 3.90. The number of rotatable bonds is 0. The smallest absolute Gasteiger partial charge is 0.161 e. The highest BCUT2D eigenvalue weighted by Gasteiger charge is 2.16. The zero-order chi connectivity index (χ0) is 6.85. The van der Waals surface area contributed by atoms with Crippen molar-refractivity contribution in [2.45, 2.75) is 26.7 Å². The van der Waals surface area contributed by atoms with Gasteiger partial charge in [-0.2, -0.15) is 0 Å². The Morgan fingerprint density at radius 2 is 2.33 bits per heavy atom. The predicted molar refractivity (Wildman–Crippen MR) is 37.2 cm³/mol. The van der Waals surface area contributed by atoms with E-state index in [-0.39, 0.29) is 5.92 Å². The van der Waals surface area contributed by atoms with Crippen LogP contribution in [0.4, 0.5) is 0 Å². The van der Waals surface area contributed by atoms with Crippen molar-refractivity contribution in [3.63, 3.8) is 0 Å². The average Bonchev–Trinajstić information content (AvgIpc) is 1.83. The van der Waals surface area contributed by atoms with E-state index in [0.717, 1.165) is 18.4 Å². The van der Waals surface area contributed by atoms with Crippen molar-refractivity contribution >= 4 is 5.78 Å². The molecule has 9 heavy (non-hydrogen) atoms. The summed E-state index contributed by atoms with van der Waals surface area (Å²) in [5.41, 5.74) is 0.953. The molecule has 0 amide bonds. The number of carbonyl (C=O) groups is 1. The number of hydrogen-bond acceptors (Lipinski definition) is 1. The van der Waals surface area contributed by atoms with Crippen LogP contribution in [0.15, 0.2) is 11.6 Å². The molecule has 0 radical (unpaired) electrons. The fraction of sp³-hybridized carbons (Fsp3) is 0.625. The van der Waals surface area contributed by atoms with Gasteiger partial charge in [0.2, 0.25) is 0 Å². The molecule has 0 aliphatic heterocycles. The number of Topliss-reactive ketones (excluding diaryl/α,β-unsaturated/α-hetero) is 1. The first-order chi connectivity index (χ1) is 4.22. The minimum atomic E-state index is 0.273. The van der Waals surface area contributed by atoms with Crippen LogP contribution in [-0.4, -0.2) is 5.78 Å². The second kappa shape index (κ2) is 2.34. The number of ketones is 1. The van der Waals surface area contributed by atoms with E-state index in [9.17, 15) is 4.79 Å². The SMILES string of the molecule is CC1=CCC[C@@H](C)C1=O. The molecular formula is C8H12O. The van der Waals surface area contributed by atoms with E-state index in [4.69, 9.17) is 0 Å². The first-order valence-corrected chi connectivity index (χ1v) is 3.43. The first kappa shape index (κ1) is 6.53. The van der Waals surface area contributed by atoms with Gasteiger partial charge in [0.15, 0.2) is 5.78 Å². The molecule has 0 unspecified atom stereocenters. The monoisotopic (exact) mass is 124 g/mol. The molecule has 0 aromatic heterocycles. The third-order valence-electron chi connectivity index (χ3n) is 1.89. The normalized spacial score (nSPS) is 28.0. The van der Waals surface area contributed by atoms with Gasteiger partial charge in [0.1, 0.15) is 0 Å². The lowest BCUT2D eigenvalue weighted by atomic mass is 9.90. The van der Waals surface area contributed by atoms with Gasteiger partial charge >= 0.3 is 0 Å². The van der Waals surface area contributed by atoms with E-state index >= 15 is 0 Å². The summed E-state index contributed by atoms with van der Waals surface area (Å²) in [6.07, 6.45) is 4.15. The van der Waals surface area contributed by atoms with Crippen molar-refractivity contribution in [2.75, 3.05) is 0 Å². The average molecular weight is 124 g/mol.